The number of amides is 2. The summed E-state index contributed by atoms with van der Waals surface area (Å²) in [6, 6.07) is 14.6. The molecule has 0 saturated carbocycles. The van der Waals surface area contributed by atoms with Crippen LogP contribution in [-0.2, 0) is 4.79 Å². The maximum atomic E-state index is 12.4. The number of anilines is 2. The average molecular weight is 404 g/mol. The Morgan fingerprint density at radius 2 is 1.68 bits per heavy atom. The monoisotopic (exact) mass is 403 g/mol. The maximum absolute atomic E-state index is 12.4. The molecule has 0 atom stereocenters. The number of hydrogen-bond acceptors (Lipinski definition) is 3. The zero-order valence-corrected chi connectivity index (χ0v) is 16.0. The number of benzene rings is 2. The van der Waals surface area contributed by atoms with Crippen LogP contribution in [0, 0.1) is 0 Å². The molecule has 0 unspecified atom stereocenters. The molecule has 0 aliphatic rings. The minimum absolute atomic E-state index is 0.00651. The summed E-state index contributed by atoms with van der Waals surface area (Å²) in [4.78, 5) is 26.2. The van der Waals surface area contributed by atoms with Crippen LogP contribution in [0.2, 0.25) is 0 Å². The van der Waals surface area contributed by atoms with Gasteiger partial charge >= 0.3 is 0 Å². The van der Waals surface area contributed by atoms with E-state index in [0.717, 1.165) is 15.8 Å². The van der Waals surface area contributed by atoms with Crippen molar-refractivity contribution >= 4 is 39.1 Å². The van der Waals surface area contributed by atoms with Crippen molar-refractivity contribution < 1.29 is 9.59 Å². The Balaban J connectivity index is 1.94. The van der Waals surface area contributed by atoms with Crippen LogP contribution in [0.1, 0.15) is 24.2 Å². The van der Waals surface area contributed by atoms with Gasteiger partial charge < -0.3 is 15.5 Å². The first-order chi connectivity index (χ1) is 12.0. The van der Waals surface area contributed by atoms with Gasteiger partial charge in [0, 0.05) is 34.5 Å². The Morgan fingerprint density at radius 1 is 1.00 bits per heavy atom. The predicted octanol–water partition coefficient (Wildman–Crippen LogP) is 3.98. The first kappa shape index (κ1) is 19.0. The van der Waals surface area contributed by atoms with Crippen LogP contribution in [0.5, 0.6) is 0 Å². The highest BCUT2D eigenvalue weighted by molar-refractivity contribution is 9.10. The predicted molar refractivity (Wildman–Crippen MR) is 105 cm³/mol. The van der Waals surface area contributed by atoms with Crippen molar-refractivity contribution in [2.45, 2.75) is 13.8 Å². The van der Waals surface area contributed by atoms with E-state index in [0.29, 0.717) is 18.7 Å². The van der Waals surface area contributed by atoms with E-state index in [1.165, 1.54) is 0 Å². The second-order valence-corrected chi connectivity index (χ2v) is 6.38. The molecular weight excluding hydrogens is 382 g/mol. The standard InChI is InChI=1S/C19H22BrN3O2/c1-3-23(4-2)19(25)14-6-5-7-17(12-14)21-13-18(24)22-16-10-8-15(20)9-11-16/h5-12,21H,3-4,13H2,1-2H3,(H,22,24). The molecule has 0 heterocycles. The first-order valence-electron chi connectivity index (χ1n) is 8.22. The summed E-state index contributed by atoms with van der Waals surface area (Å²) in [5, 5.41) is 5.87. The summed E-state index contributed by atoms with van der Waals surface area (Å²) in [5.74, 6) is -0.157. The SMILES string of the molecule is CCN(CC)C(=O)c1cccc(NCC(=O)Nc2ccc(Br)cc2)c1. The topological polar surface area (TPSA) is 61.4 Å². The minimum Gasteiger partial charge on any atom is -0.376 e. The largest absolute Gasteiger partial charge is 0.376 e. The summed E-state index contributed by atoms with van der Waals surface area (Å²) in [6.07, 6.45) is 0. The summed E-state index contributed by atoms with van der Waals surface area (Å²) in [6.45, 7) is 5.37. The molecule has 0 spiro atoms. The third-order valence-electron chi connectivity index (χ3n) is 3.74. The molecule has 2 N–H and O–H groups in total. The Bertz CT molecular complexity index is 728. The fraction of sp³-hybridized carbons (Fsp3) is 0.263. The second kappa shape index (κ2) is 9.22. The molecule has 2 aromatic carbocycles. The molecule has 2 aromatic rings. The smallest absolute Gasteiger partial charge is 0.253 e. The molecule has 2 rings (SSSR count). The second-order valence-electron chi connectivity index (χ2n) is 5.47. The van der Waals surface area contributed by atoms with Gasteiger partial charge in [-0.05, 0) is 56.3 Å². The summed E-state index contributed by atoms with van der Waals surface area (Å²) >= 11 is 3.36. The van der Waals surface area contributed by atoms with Crippen molar-refractivity contribution in [1.29, 1.82) is 0 Å². The van der Waals surface area contributed by atoms with E-state index in [-0.39, 0.29) is 18.4 Å². The summed E-state index contributed by atoms with van der Waals surface area (Å²) in [7, 11) is 0. The Kier molecular flexibility index (Phi) is 7.01. The van der Waals surface area contributed by atoms with Gasteiger partial charge in [0.1, 0.15) is 0 Å². The third-order valence-corrected chi connectivity index (χ3v) is 4.27. The number of carbonyl (C=O) groups is 2. The summed E-state index contributed by atoms with van der Waals surface area (Å²) < 4.78 is 0.957. The number of rotatable bonds is 7. The van der Waals surface area contributed by atoms with Crippen LogP contribution < -0.4 is 10.6 Å². The zero-order valence-electron chi connectivity index (χ0n) is 14.4. The van der Waals surface area contributed by atoms with Gasteiger partial charge in [0.2, 0.25) is 5.91 Å². The zero-order chi connectivity index (χ0) is 18.2. The van der Waals surface area contributed by atoms with Crippen LogP contribution in [0.15, 0.2) is 53.0 Å². The molecule has 6 heteroatoms. The van der Waals surface area contributed by atoms with E-state index in [9.17, 15) is 9.59 Å². The van der Waals surface area contributed by atoms with E-state index >= 15 is 0 Å². The highest BCUT2D eigenvalue weighted by Crippen LogP contribution is 2.15. The van der Waals surface area contributed by atoms with Crippen LogP contribution in [0.25, 0.3) is 0 Å². The van der Waals surface area contributed by atoms with Crippen molar-refractivity contribution in [3.63, 3.8) is 0 Å². The van der Waals surface area contributed by atoms with Crippen molar-refractivity contribution in [3.05, 3.63) is 58.6 Å². The maximum Gasteiger partial charge on any atom is 0.253 e. The Hall–Kier alpha value is -2.34. The molecule has 0 fully saturated rings. The lowest BCUT2D eigenvalue weighted by Crippen LogP contribution is -2.30. The molecule has 25 heavy (non-hydrogen) atoms. The van der Waals surface area contributed by atoms with E-state index in [2.05, 4.69) is 26.6 Å². The molecule has 0 saturated heterocycles. The highest BCUT2D eigenvalue weighted by Gasteiger charge is 2.12. The molecule has 132 valence electrons. The van der Waals surface area contributed by atoms with E-state index in [1.807, 2.05) is 50.2 Å². The molecule has 5 nitrogen and oxygen atoms in total. The molecule has 0 aliphatic heterocycles. The molecule has 0 radical (unpaired) electrons. The molecule has 0 aliphatic carbocycles. The molecule has 2 amide bonds. The van der Waals surface area contributed by atoms with Crippen molar-refractivity contribution in [3.8, 4) is 0 Å². The van der Waals surface area contributed by atoms with Crippen molar-refractivity contribution in [2.75, 3.05) is 30.3 Å². The van der Waals surface area contributed by atoms with Gasteiger partial charge in [-0.1, -0.05) is 22.0 Å². The van der Waals surface area contributed by atoms with Crippen molar-refractivity contribution in [1.82, 2.24) is 4.90 Å². The fourth-order valence-electron chi connectivity index (χ4n) is 2.38. The van der Waals surface area contributed by atoms with Crippen LogP contribution in [0.3, 0.4) is 0 Å². The van der Waals surface area contributed by atoms with Gasteiger partial charge in [-0.2, -0.15) is 0 Å². The molecular formula is C19H22BrN3O2. The van der Waals surface area contributed by atoms with E-state index < -0.39 is 0 Å². The molecule has 0 bridgehead atoms. The van der Waals surface area contributed by atoms with Gasteiger partial charge in [-0.3, -0.25) is 9.59 Å². The van der Waals surface area contributed by atoms with Gasteiger partial charge in [0.25, 0.3) is 5.91 Å². The molecule has 0 aromatic heterocycles. The number of nitrogens with zero attached hydrogens (tertiary/aromatic N) is 1. The van der Waals surface area contributed by atoms with Crippen LogP contribution in [-0.4, -0.2) is 36.3 Å². The highest BCUT2D eigenvalue weighted by atomic mass is 79.9. The third kappa shape index (κ3) is 5.60. The summed E-state index contributed by atoms with van der Waals surface area (Å²) in [5.41, 5.74) is 2.09. The van der Waals surface area contributed by atoms with Crippen molar-refractivity contribution in [2.24, 2.45) is 0 Å². The van der Waals surface area contributed by atoms with E-state index in [1.54, 1.807) is 17.0 Å². The number of carbonyl (C=O) groups excluding carboxylic acids is 2. The van der Waals surface area contributed by atoms with Gasteiger partial charge in [0.15, 0.2) is 0 Å². The number of hydrogen-bond donors (Lipinski definition) is 2. The lowest BCUT2D eigenvalue weighted by Gasteiger charge is -2.19. The van der Waals surface area contributed by atoms with Gasteiger partial charge in [0.05, 0.1) is 6.54 Å². The van der Waals surface area contributed by atoms with Gasteiger partial charge in [-0.15, -0.1) is 0 Å². The normalized spacial score (nSPS) is 10.2. The quantitative estimate of drug-likeness (QED) is 0.734. The Labute approximate surface area is 156 Å². The lowest BCUT2D eigenvalue weighted by molar-refractivity contribution is -0.114. The fourth-order valence-corrected chi connectivity index (χ4v) is 2.64. The lowest BCUT2D eigenvalue weighted by atomic mass is 10.1. The van der Waals surface area contributed by atoms with Crippen LogP contribution in [0.4, 0.5) is 11.4 Å². The number of nitrogens with one attached hydrogen (secondary N) is 2. The van der Waals surface area contributed by atoms with Crippen LogP contribution >= 0.6 is 15.9 Å². The minimum atomic E-state index is -0.150. The Morgan fingerprint density at radius 3 is 2.32 bits per heavy atom. The first-order valence-corrected chi connectivity index (χ1v) is 9.01. The average Bonchev–Trinajstić information content (AvgIpc) is 2.63. The van der Waals surface area contributed by atoms with E-state index in [4.69, 9.17) is 0 Å². The van der Waals surface area contributed by atoms with Gasteiger partial charge in [-0.25, -0.2) is 0 Å². The number of halogens is 1.